The Labute approximate surface area is 169 Å². The van der Waals surface area contributed by atoms with Crippen LogP contribution in [0.25, 0.3) is 0 Å². The number of ether oxygens (including phenoxy) is 1. The molecular formula is C22H33N5O. The van der Waals surface area contributed by atoms with Gasteiger partial charge >= 0.3 is 0 Å². The molecule has 152 valence electrons. The summed E-state index contributed by atoms with van der Waals surface area (Å²) in [6.45, 7) is 12.4. The van der Waals surface area contributed by atoms with Crippen molar-refractivity contribution in [1.82, 2.24) is 4.98 Å². The maximum atomic E-state index is 5.47. The van der Waals surface area contributed by atoms with Crippen LogP contribution in [0.4, 0.5) is 17.3 Å². The van der Waals surface area contributed by atoms with Gasteiger partial charge in [-0.15, -0.1) is 0 Å². The third-order valence-corrected chi connectivity index (χ3v) is 4.47. The van der Waals surface area contributed by atoms with Crippen LogP contribution < -0.4 is 15.2 Å². The van der Waals surface area contributed by atoms with E-state index in [4.69, 9.17) is 9.72 Å². The Morgan fingerprint density at radius 3 is 2.64 bits per heavy atom. The Morgan fingerprint density at radius 1 is 1.21 bits per heavy atom. The average molecular weight is 384 g/mol. The second kappa shape index (κ2) is 11.3. The predicted molar refractivity (Wildman–Crippen MR) is 120 cm³/mol. The molecule has 0 atom stereocenters. The minimum absolute atomic E-state index is 0.744. The minimum Gasteiger partial charge on any atom is -0.378 e. The van der Waals surface area contributed by atoms with E-state index in [1.54, 1.807) is 0 Å². The van der Waals surface area contributed by atoms with E-state index in [0.717, 1.165) is 55.7 Å². The second-order valence-corrected chi connectivity index (χ2v) is 6.47. The lowest BCUT2D eigenvalue weighted by Crippen LogP contribution is -2.36. The molecule has 6 nitrogen and oxygen atoms in total. The van der Waals surface area contributed by atoms with Gasteiger partial charge in [-0.05, 0) is 19.4 Å². The number of rotatable bonds is 6. The number of aromatic nitrogens is 1. The van der Waals surface area contributed by atoms with Crippen LogP contribution in [-0.4, -0.2) is 51.1 Å². The summed E-state index contributed by atoms with van der Waals surface area (Å²) in [5, 5.41) is 4.37. The van der Waals surface area contributed by atoms with Gasteiger partial charge in [0.05, 0.1) is 19.4 Å². The normalized spacial score (nSPS) is 13.8. The standard InChI is InChI=1S/C20H27N5O.C2H6/c1-4-24(3)20-14-18(25-8-10-26-11-9-25)13-19(22-20)23-21-15-17-7-5-6-16(2)12-17;1-2/h5-7,12-15H,4,8-11H2,1-3H3,(H,22,23);1-2H3/b21-15+;. The number of nitrogens with one attached hydrogen (secondary N) is 1. The SMILES string of the molecule is CC.CCN(C)c1cc(N2CCOCC2)cc(N/N=C/c2cccc(C)c2)n1. The molecule has 6 heteroatoms. The van der Waals surface area contributed by atoms with E-state index in [-0.39, 0.29) is 0 Å². The fourth-order valence-corrected chi connectivity index (χ4v) is 2.84. The number of hydrazone groups is 1. The third kappa shape index (κ3) is 6.23. The molecule has 0 amide bonds. The zero-order valence-corrected chi connectivity index (χ0v) is 17.8. The van der Waals surface area contributed by atoms with Crippen LogP contribution in [0, 0.1) is 6.92 Å². The van der Waals surface area contributed by atoms with Crippen LogP contribution in [0.5, 0.6) is 0 Å². The first-order chi connectivity index (χ1) is 13.7. The van der Waals surface area contributed by atoms with Crippen LogP contribution in [-0.2, 0) is 4.74 Å². The second-order valence-electron chi connectivity index (χ2n) is 6.47. The highest BCUT2D eigenvalue weighted by Crippen LogP contribution is 2.25. The van der Waals surface area contributed by atoms with E-state index in [1.165, 1.54) is 5.56 Å². The van der Waals surface area contributed by atoms with Gasteiger partial charge in [0.25, 0.3) is 0 Å². The molecule has 1 saturated heterocycles. The summed E-state index contributed by atoms with van der Waals surface area (Å²) in [4.78, 5) is 9.14. The predicted octanol–water partition coefficient (Wildman–Crippen LogP) is 4.15. The van der Waals surface area contributed by atoms with Crippen molar-refractivity contribution in [3.8, 4) is 0 Å². The van der Waals surface area contributed by atoms with Gasteiger partial charge in [0.1, 0.15) is 5.82 Å². The summed E-state index contributed by atoms with van der Waals surface area (Å²) in [5.41, 5.74) is 6.51. The Kier molecular flexibility index (Phi) is 8.75. The Hall–Kier alpha value is -2.60. The molecule has 28 heavy (non-hydrogen) atoms. The molecule has 1 fully saturated rings. The monoisotopic (exact) mass is 383 g/mol. The lowest BCUT2D eigenvalue weighted by atomic mass is 10.2. The molecule has 1 aliphatic rings. The average Bonchev–Trinajstić information content (AvgIpc) is 2.75. The smallest absolute Gasteiger partial charge is 0.150 e. The fourth-order valence-electron chi connectivity index (χ4n) is 2.84. The molecule has 1 N–H and O–H groups in total. The first-order valence-electron chi connectivity index (χ1n) is 10.1. The van der Waals surface area contributed by atoms with Crippen molar-refractivity contribution >= 4 is 23.5 Å². The van der Waals surface area contributed by atoms with Crippen molar-refractivity contribution in [2.24, 2.45) is 5.10 Å². The number of pyridine rings is 1. The Bertz CT molecular complexity index is 756. The molecule has 1 aromatic heterocycles. The summed E-state index contributed by atoms with van der Waals surface area (Å²) < 4.78 is 5.47. The van der Waals surface area contributed by atoms with Crippen molar-refractivity contribution < 1.29 is 4.74 Å². The molecule has 3 rings (SSSR count). The maximum Gasteiger partial charge on any atom is 0.150 e. The quantitative estimate of drug-likeness (QED) is 0.600. The first-order valence-corrected chi connectivity index (χ1v) is 10.1. The Morgan fingerprint density at radius 2 is 1.96 bits per heavy atom. The van der Waals surface area contributed by atoms with Gasteiger partial charge in [0.2, 0.25) is 0 Å². The number of nitrogens with zero attached hydrogens (tertiary/aromatic N) is 4. The van der Waals surface area contributed by atoms with Crippen molar-refractivity contribution in [3.63, 3.8) is 0 Å². The zero-order chi connectivity index (χ0) is 20.4. The van der Waals surface area contributed by atoms with Crippen molar-refractivity contribution in [2.75, 3.05) is 55.1 Å². The molecule has 0 radical (unpaired) electrons. The number of hydrogen-bond acceptors (Lipinski definition) is 6. The van der Waals surface area contributed by atoms with Gasteiger partial charge in [-0.1, -0.05) is 43.7 Å². The first kappa shape index (κ1) is 21.7. The van der Waals surface area contributed by atoms with Gasteiger partial charge in [-0.3, -0.25) is 5.43 Å². The van der Waals surface area contributed by atoms with Crippen molar-refractivity contribution in [3.05, 3.63) is 47.5 Å². The summed E-state index contributed by atoms with van der Waals surface area (Å²) in [6.07, 6.45) is 1.82. The summed E-state index contributed by atoms with van der Waals surface area (Å²) >= 11 is 0. The zero-order valence-electron chi connectivity index (χ0n) is 17.8. The lowest BCUT2D eigenvalue weighted by Gasteiger charge is -2.30. The molecule has 2 heterocycles. The number of aryl methyl sites for hydroxylation is 1. The van der Waals surface area contributed by atoms with Crippen molar-refractivity contribution in [1.29, 1.82) is 0 Å². The van der Waals surface area contributed by atoms with E-state index >= 15 is 0 Å². The minimum atomic E-state index is 0.744. The molecule has 0 unspecified atom stereocenters. The number of hydrogen-bond donors (Lipinski definition) is 1. The van der Waals surface area contributed by atoms with Crippen molar-refractivity contribution in [2.45, 2.75) is 27.7 Å². The molecule has 0 saturated carbocycles. The highest BCUT2D eigenvalue weighted by Gasteiger charge is 2.14. The van der Waals surface area contributed by atoms with E-state index in [0.29, 0.717) is 0 Å². The van der Waals surface area contributed by atoms with Gasteiger partial charge in [0.15, 0.2) is 5.82 Å². The molecule has 1 aliphatic heterocycles. The topological polar surface area (TPSA) is 53.0 Å². The number of anilines is 3. The highest BCUT2D eigenvalue weighted by atomic mass is 16.5. The summed E-state index contributed by atoms with van der Waals surface area (Å²) in [5.74, 6) is 1.68. The fraction of sp³-hybridized carbons (Fsp3) is 0.455. The lowest BCUT2D eigenvalue weighted by molar-refractivity contribution is 0.122. The Balaban J connectivity index is 0.00000136. The molecule has 2 aromatic rings. The maximum absolute atomic E-state index is 5.47. The van der Waals surface area contributed by atoms with Crippen LogP contribution in [0.15, 0.2) is 41.5 Å². The van der Waals surface area contributed by atoms with Gasteiger partial charge < -0.3 is 14.5 Å². The van der Waals surface area contributed by atoms with E-state index in [9.17, 15) is 0 Å². The molecule has 0 spiro atoms. The largest absolute Gasteiger partial charge is 0.378 e. The number of benzene rings is 1. The van der Waals surface area contributed by atoms with Crippen LogP contribution in [0.3, 0.4) is 0 Å². The highest BCUT2D eigenvalue weighted by molar-refractivity contribution is 5.80. The third-order valence-electron chi connectivity index (χ3n) is 4.47. The molecular weight excluding hydrogens is 350 g/mol. The molecule has 0 bridgehead atoms. The van der Waals surface area contributed by atoms with Crippen LogP contribution in [0.2, 0.25) is 0 Å². The van der Waals surface area contributed by atoms with E-state index in [1.807, 2.05) is 45.3 Å². The summed E-state index contributed by atoms with van der Waals surface area (Å²) in [6, 6.07) is 12.4. The van der Waals surface area contributed by atoms with Gasteiger partial charge in [-0.25, -0.2) is 4.98 Å². The van der Waals surface area contributed by atoms with E-state index < -0.39 is 0 Å². The molecule has 1 aromatic carbocycles. The van der Waals surface area contributed by atoms with E-state index in [2.05, 4.69) is 52.4 Å². The molecule has 0 aliphatic carbocycles. The van der Waals surface area contributed by atoms with Crippen LogP contribution in [0.1, 0.15) is 31.9 Å². The van der Waals surface area contributed by atoms with Crippen LogP contribution >= 0.6 is 0 Å². The summed E-state index contributed by atoms with van der Waals surface area (Å²) in [7, 11) is 2.05. The van der Waals surface area contributed by atoms with Gasteiger partial charge in [0, 0.05) is 44.5 Å². The van der Waals surface area contributed by atoms with Gasteiger partial charge in [-0.2, -0.15) is 5.10 Å². The number of morpholine rings is 1.